The quantitative estimate of drug-likeness (QED) is 0.426. The molecule has 1 fully saturated rings. The Hall–Kier alpha value is -2.47. The van der Waals surface area contributed by atoms with Crippen molar-refractivity contribution in [1.82, 2.24) is 4.57 Å². The number of halogens is 2. The van der Waals surface area contributed by atoms with Crippen LogP contribution in [0.4, 0.5) is 10.5 Å². The first-order valence-corrected chi connectivity index (χ1v) is 10.4. The van der Waals surface area contributed by atoms with Gasteiger partial charge in [-0.2, -0.15) is 0 Å². The minimum absolute atomic E-state index is 0.306. The van der Waals surface area contributed by atoms with Crippen molar-refractivity contribution >= 4 is 57.9 Å². The average molecular weight is 443 g/mol. The van der Waals surface area contributed by atoms with E-state index in [0.717, 1.165) is 34.4 Å². The van der Waals surface area contributed by atoms with Crippen molar-refractivity contribution in [3.05, 3.63) is 86.5 Å². The van der Waals surface area contributed by atoms with Crippen molar-refractivity contribution in [3.8, 4) is 5.69 Å². The first-order valence-electron chi connectivity index (χ1n) is 8.85. The molecule has 4 nitrogen and oxygen atoms in total. The molecule has 0 aliphatic carbocycles. The minimum Gasteiger partial charge on any atom is -0.316 e. The third kappa shape index (κ3) is 3.50. The van der Waals surface area contributed by atoms with E-state index in [1.807, 2.05) is 42.7 Å². The summed E-state index contributed by atoms with van der Waals surface area (Å²) in [6.45, 7) is 3.90. The summed E-state index contributed by atoms with van der Waals surface area (Å²) in [4.78, 5) is 26.9. The number of anilines is 1. The number of carbonyl (C=O) groups excluding carboxylic acids is 2. The fourth-order valence-corrected chi connectivity index (χ4v) is 4.59. The van der Waals surface area contributed by atoms with Crippen molar-refractivity contribution in [3.63, 3.8) is 0 Å². The van der Waals surface area contributed by atoms with Gasteiger partial charge in [-0.3, -0.25) is 9.59 Å². The number of thioether (sulfide) groups is 1. The van der Waals surface area contributed by atoms with Gasteiger partial charge in [0.1, 0.15) is 0 Å². The van der Waals surface area contributed by atoms with Gasteiger partial charge < -0.3 is 4.57 Å². The van der Waals surface area contributed by atoms with Gasteiger partial charge in [0.15, 0.2) is 0 Å². The Balaban J connectivity index is 1.74. The fraction of sp³-hybridized carbons (Fsp3) is 0.0909. The van der Waals surface area contributed by atoms with Gasteiger partial charge in [0, 0.05) is 11.4 Å². The predicted molar refractivity (Wildman–Crippen MR) is 120 cm³/mol. The van der Waals surface area contributed by atoms with E-state index in [-0.39, 0.29) is 11.1 Å². The van der Waals surface area contributed by atoms with Gasteiger partial charge in [0.25, 0.3) is 11.1 Å². The van der Waals surface area contributed by atoms with Gasteiger partial charge in [0.2, 0.25) is 0 Å². The van der Waals surface area contributed by atoms with Crippen LogP contribution in [0.3, 0.4) is 0 Å². The number of para-hydroxylation sites is 1. The van der Waals surface area contributed by atoms with Crippen LogP contribution in [0.2, 0.25) is 10.0 Å². The van der Waals surface area contributed by atoms with Crippen molar-refractivity contribution in [1.29, 1.82) is 0 Å². The summed E-state index contributed by atoms with van der Waals surface area (Å²) in [5.41, 5.74) is 4.02. The topological polar surface area (TPSA) is 42.3 Å². The second-order valence-electron chi connectivity index (χ2n) is 6.59. The van der Waals surface area contributed by atoms with Gasteiger partial charge >= 0.3 is 0 Å². The van der Waals surface area contributed by atoms with E-state index < -0.39 is 0 Å². The summed E-state index contributed by atoms with van der Waals surface area (Å²) < 4.78 is 1.99. The van der Waals surface area contributed by atoms with Crippen molar-refractivity contribution in [2.24, 2.45) is 0 Å². The van der Waals surface area contributed by atoms with Gasteiger partial charge in [-0.05, 0) is 67.6 Å². The van der Waals surface area contributed by atoms with Crippen LogP contribution in [-0.4, -0.2) is 15.7 Å². The lowest BCUT2D eigenvalue weighted by Gasteiger charge is -2.12. The molecule has 2 amide bonds. The number of benzene rings is 2. The number of carbonyl (C=O) groups is 2. The molecular weight excluding hydrogens is 427 g/mol. The standard InChI is InChI=1S/C22H16Cl2N2O2S/c1-13-11-15(14(2)25(13)18-10-6-9-17(23)20(18)24)12-19-21(27)26(22(28)29-19)16-7-4-3-5-8-16/h3-12H,1-2H3. The van der Waals surface area contributed by atoms with Crippen LogP contribution in [0, 0.1) is 13.8 Å². The molecule has 0 radical (unpaired) electrons. The summed E-state index contributed by atoms with van der Waals surface area (Å²) in [6.07, 6.45) is 1.76. The van der Waals surface area contributed by atoms with E-state index in [1.165, 1.54) is 4.90 Å². The third-order valence-electron chi connectivity index (χ3n) is 4.74. The molecule has 1 saturated heterocycles. The monoisotopic (exact) mass is 442 g/mol. The summed E-state index contributed by atoms with van der Waals surface area (Å²) in [7, 11) is 0. The largest absolute Gasteiger partial charge is 0.316 e. The molecule has 146 valence electrons. The average Bonchev–Trinajstić information content (AvgIpc) is 3.13. The van der Waals surface area contributed by atoms with Crippen LogP contribution in [-0.2, 0) is 4.79 Å². The molecule has 2 aromatic carbocycles. The lowest BCUT2D eigenvalue weighted by molar-refractivity contribution is -0.113. The first-order chi connectivity index (χ1) is 13.9. The van der Waals surface area contributed by atoms with E-state index in [9.17, 15) is 9.59 Å². The maximum absolute atomic E-state index is 12.9. The van der Waals surface area contributed by atoms with Gasteiger partial charge in [-0.15, -0.1) is 0 Å². The van der Waals surface area contributed by atoms with Crippen LogP contribution in [0.25, 0.3) is 11.8 Å². The second kappa shape index (κ2) is 7.75. The van der Waals surface area contributed by atoms with Crippen LogP contribution >= 0.6 is 35.0 Å². The molecule has 7 heteroatoms. The molecule has 4 rings (SSSR count). The maximum atomic E-state index is 12.9. The third-order valence-corrected chi connectivity index (χ3v) is 6.42. The lowest BCUT2D eigenvalue weighted by atomic mass is 10.2. The minimum atomic E-state index is -0.322. The number of aryl methyl sites for hydroxylation is 1. The zero-order valence-corrected chi connectivity index (χ0v) is 18.0. The summed E-state index contributed by atoms with van der Waals surface area (Å²) in [5.74, 6) is -0.322. The summed E-state index contributed by atoms with van der Waals surface area (Å²) in [5, 5.41) is 0.633. The van der Waals surface area contributed by atoms with Crippen LogP contribution in [0.15, 0.2) is 59.5 Å². The molecule has 0 saturated carbocycles. The zero-order chi connectivity index (χ0) is 20.7. The van der Waals surface area contributed by atoms with E-state index in [2.05, 4.69) is 0 Å². The molecule has 1 aliphatic heterocycles. The normalized spacial score (nSPS) is 15.6. The molecule has 0 N–H and O–H groups in total. The Kier molecular flexibility index (Phi) is 5.30. The highest BCUT2D eigenvalue weighted by Gasteiger charge is 2.36. The summed E-state index contributed by atoms with van der Waals surface area (Å²) >= 11 is 13.5. The number of nitrogens with zero attached hydrogens (tertiary/aromatic N) is 2. The maximum Gasteiger partial charge on any atom is 0.298 e. The second-order valence-corrected chi connectivity index (χ2v) is 8.37. The summed E-state index contributed by atoms with van der Waals surface area (Å²) in [6, 6.07) is 16.3. The highest BCUT2D eigenvalue weighted by atomic mass is 35.5. The van der Waals surface area contributed by atoms with Crippen LogP contribution in [0.1, 0.15) is 17.0 Å². The molecule has 1 aliphatic rings. The van der Waals surface area contributed by atoms with E-state index in [4.69, 9.17) is 23.2 Å². The lowest BCUT2D eigenvalue weighted by Crippen LogP contribution is -2.27. The van der Waals surface area contributed by atoms with Gasteiger partial charge in [0.05, 0.1) is 26.3 Å². The van der Waals surface area contributed by atoms with E-state index >= 15 is 0 Å². The molecule has 0 bridgehead atoms. The van der Waals surface area contributed by atoms with Crippen molar-refractivity contribution in [2.45, 2.75) is 13.8 Å². The smallest absolute Gasteiger partial charge is 0.298 e. The van der Waals surface area contributed by atoms with Crippen molar-refractivity contribution in [2.75, 3.05) is 4.90 Å². The van der Waals surface area contributed by atoms with Gasteiger partial charge in [-0.25, -0.2) is 4.90 Å². The highest BCUT2D eigenvalue weighted by Crippen LogP contribution is 2.37. The fourth-order valence-electron chi connectivity index (χ4n) is 3.38. The SMILES string of the molecule is Cc1cc(C=C2SC(=O)N(c3ccccc3)C2=O)c(C)n1-c1cccc(Cl)c1Cl. The number of hydrogen-bond acceptors (Lipinski definition) is 3. The zero-order valence-electron chi connectivity index (χ0n) is 15.6. The molecule has 0 spiro atoms. The Labute approximate surface area is 182 Å². The van der Waals surface area contributed by atoms with Gasteiger partial charge in [-0.1, -0.05) is 47.5 Å². The molecule has 1 aromatic heterocycles. The molecule has 2 heterocycles. The molecule has 0 unspecified atom stereocenters. The van der Waals surface area contributed by atoms with Crippen molar-refractivity contribution < 1.29 is 9.59 Å². The number of imide groups is 1. The number of amides is 2. The Bertz CT molecular complexity index is 1170. The van der Waals surface area contributed by atoms with Crippen LogP contribution in [0.5, 0.6) is 0 Å². The molecule has 29 heavy (non-hydrogen) atoms. The predicted octanol–water partition coefficient (Wildman–Crippen LogP) is 6.64. The molecular formula is C22H16Cl2N2O2S. The van der Waals surface area contributed by atoms with E-state index in [1.54, 1.807) is 36.4 Å². The molecule has 3 aromatic rings. The Morgan fingerprint density at radius 2 is 1.69 bits per heavy atom. The Morgan fingerprint density at radius 3 is 2.41 bits per heavy atom. The first kappa shape index (κ1) is 19.8. The van der Waals surface area contributed by atoms with Crippen LogP contribution < -0.4 is 4.90 Å². The highest BCUT2D eigenvalue weighted by molar-refractivity contribution is 8.19. The number of rotatable bonds is 3. The number of aromatic nitrogens is 1. The molecule has 0 atom stereocenters. The number of hydrogen-bond donors (Lipinski definition) is 0. The van der Waals surface area contributed by atoms with E-state index in [0.29, 0.717) is 20.6 Å². The Morgan fingerprint density at radius 1 is 0.966 bits per heavy atom.